The zero-order valence-electron chi connectivity index (χ0n) is 14.8. The smallest absolute Gasteiger partial charge is 0.319 e. The summed E-state index contributed by atoms with van der Waals surface area (Å²) in [7, 11) is 0. The standard InChI is InChI=1S/C20H20Cl2N2O2/c1-12(2)14-6-4-13(5-7-14)11-24-18(25)20(3,23-19(24)26)16-9-8-15(21)10-17(16)22/h4-10,12H,11H2,1-3H3,(H,23,26)/t20-/m0/s1. The molecule has 1 N–H and O–H groups in total. The van der Waals surface area contributed by atoms with E-state index in [0.29, 0.717) is 21.5 Å². The number of hydrogen-bond donors (Lipinski definition) is 1. The number of benzene rings is 2. The molecule has 0 aliphatic carbocycles. The molecule has 0 radical (unpaired) electrons. The lowest BCUT2D eigenvalue weighted by Crippen LogP contribution is -2.41. The van der Waals surface area contributed by atoms with Crippen molar-refractivity contribution in [2.45, 2.75) is 38.8 Å². The van der Waals surface area contributed by atoms with Crippen molar-refractivity contribution < 1.29 is 9.59 Å². The van der Waals surface area contributed by atoms with Crippen LogP contribution in [0.15, 0.2) is 42.5 Å². The maximum absolute atomic E-state index is 13.0. The molecule has 0 aromatic heterocycles. The molecule has 3 rings (SSSR count). The highest BCUT2D eigenvalue weighted by Gasteiger charge is 2.49. The molecular formula is C20H20Cl2N2O2. The van der Waals surface area contributed by atoms with E-state index in [9.17, 15) is 9.59 Å². The van der Waals surface area contributed by atoms with Gasteiger partial charge in [0.05, 0.1) is 6.54 Å². The van der Waals surface area contributed by atoms with E-state index in [4.69, 9.17) is 23.2 Å². The third-order valence-corrected chi connectivity index (χ3v) is 5.28. The Kier molecular flexibility index (Phi) is 5.00. The molecule has 1 fully saturated rings. The Balaban J connectivity index is 1.86. The first-order valence-electron chi connectivity index (χ1n) is 8.41. The fourth-order valence-electron chi connectivity index (χ4n) is 3.11. The molecule has 1 atom stereocenters. The largest absolute Gasteiger partial charge is 0.325 e. The molecule has 0 bridgehead atoms. The Morgan fingerprint density at radius 2 is 1.73 bits per heavy atom. The minimum atomic E-state index is -1.21. The fraction of sp³-hybridized carbons (Fsp3) is 0.300. The number of urea groups is 1. The molecule has 1 aliphatic rings. The van der Waals surface area contributed by atoms with Gasteiger partial charge in [0.1, 0.15) is 5.54 Å². The van der Waals surface area contributed by atoms with Crippen molar-refractivity contribution in [3.05, 3.63) is 69.2 Å². The Morgan fingerprint density at radius 1 is 1.08 bits per heavy atom. The number of carbonyl (C=O) groups excluding carboxylic acids is 2. The lowest BCUT2D eigenvalue weighted by atomic mass is 9.92. The van der Waals surface area contributed by atoms with Gasteiger partial charge in [-0.2, -0.15) is 0 Å². The number of halogens is 2. The van der Waals surface area contributed by atoms with Gasteiger partial charge in [-0.3, -0.25) is 9.69 Å². The van der Waals surface area contributed by atoms with Crippen LogP contribution >= 0.6 is 23.2 Å². The van der Waals surface area contributed by atoms with E-state index in [1.807, 2.05) is 24.3 Å². The average molecular weight is 391 g/mol. The monoisotopic (exact) mass is 390 g/mol. The Labute approximate surface area is 163 Å². The van der Waals surface area contributed by atoms with Crippen molar-refractivity contribution in [2.24, 2.45) is 0 Å². The molecular weight excluding hydrogens is 371 g/mol. The minimum Gasteiger partial charge on any atom is -0.319 e. The van der Waals surface area contributed by atoms with Crippen molar-refractivity contribution >= 4 is 35.1 Å². The number of hydrogen-bond acceptors (Lipinski definition) is 2. The maximum Gasteiger partial charge on any atom is 0.325 e. The van der Waals surface area contributed by atoms with E-state index in [1.165, 1.54) is 10.5 Å². The molecule has 2 aromatic carbocycles. The molecule has 1 aliphatic heterocycles. The van der Waals surface area contributed by atoms with Crippen LogP contribution in [0, 0.1) is 0 Å². The van der Waals surface area contributed by atoms with E-state index in [-0.39, 0.29) is 12.5 Å². The summed E-state index contributed by atoms with van der Waals surface area (Å²) in [6, 6.07) is 12.4. The highest BCUT2D eigenvalue weighted by atomic mass is 35.5. The number of nitrogens with zero attached hydrogens (tertiary/aromatic N) is 1. The summed E-state index contributed by atoms with van der Waals surface area (Å²) in [6.45, 7) is 6.11. The van der Waals surface area contributed by atoms with Gasteiger partial charge in [-0.1, -0.05) is 67.4 Å². The van der Waals surface area contributed by atoms with Crippen molar-refractivity contribution in [1.82, 2.24) is 10.2 Å². The second-order valence-corrected chi connectivity index (χ2v) is 7.81. The van der Waals surface area contributed by atoms with Gasteiger partial charge in [0.15, 0.2) is 0 Å². The zero-order valence-corrected chi connectivity index (χ0v) is 16.4. The molecule has 26 heavy (non-hydrogen) atoms. The third-order valence-electron chi connectivity index (χ3n) is 4.73. The molecule has 0 saturated carbocycles. The first-order chi connectivity index (χ1) is 12.2. The van der Waals surface area contributed by atoms with Crippen LogP contribution in [0.1, 0.15) is 43.4 Å². The Bertz CT molecular complexity index is 865. The molecule has 0 spiro atoms. The number of carbonyl (C=O) groups is 2. The molecule has 6 heteroatoms. The highest BCUT2D eigenvalue weighted by Crippen LogP contribution is 2.35. The second-order valence-electron chi connectivity index (χ2n) is 6.97. The van der Waals surface area contributed by atoms with Gasteiger partial charge in [0, 0.05) is 15.6 Å². The van der Waals surface area contributed by atoms with Crippen LogP contribution in [0.5, 0.6) is 0 Å². The van der Waals surface area contributed by atoms with Crippen LogP contribution in [0.4, 0.5) is 4.79 Å². The molecule has 136 valence electrons. The van der Waals surface area contributed by atoms with E-state index >= 15 is 0 Å². The predicted molar refractivity (Wildman–Crippen MR) is 103 cm³/mol. The topological polar surface area (TPSA) is 49.4 Å². The summed E-state index contributed by atoms with van der Waals surface area (Å²) in [6.07, 6.45) is 0. The number of imide groups is 1. The summed E-state index contributed by atoms with van der Waals surface area (Å²) in [5, 5.41) is 3.58. The minimum absolute atomic E-state index is 0.212. The highest BCUT2D eigenvalue weighted by molar-refractivity contribution is 6.35. The van der Waals surface area contributed by atoms with E-state index in [2.05, 4.69) is 19.2 Å². The molecule has 3 amide bonds. The van der Waals surface area contributed by atoms with E-state index in [1.54, 1.807) is 25.1 Å². The van der Waals surface area contributed by atoms with Crippen LogP contribution in [-0.4, -0.2) is 16.8 Å². The summed E-state index contributed by atoms with van der Waals surface area (Å²) >= 11 is 12.2. The van der Waals surface area contributed by atoms with Crippen molar-refractivity contribution in [1.29, 1.82) is 0 Å². The summed E-state index contributed by atoms with van der Waals surface area (Å²) in [5.41, 5.74) is 1.42. The van der Waals surface area contributed by atoms with Crippen molar-refractivity contribution in [3.8, 4) is 0 Å². The summed E-state index contributed by atoms with van der Waals surface area (Å²) < 4.78 is 0. The van der Waals surface area contributed by atoms with Crippen molar-refractivity contribution in [2.75, 3.05) is 0 Å². The predicted octanol–water partition coefficient (Wildman–Crippen LogP) is 5.08. The fourth-order valence-corrected chi connectivity index (χ4v) is 3.71. The quantitative estimate of drug-likeness (QED) is 0.739. The van der Waals surface area contributed by atoms with Gasteiger partial charge in [-0.05, 0) is 36.1 Å². The molecule has 1 saturated heterocycles. The van der Waals surface area contributed by atoms with Gasteiger partial charge in [0.2, 0.25) is 0 Å². The first-order valence-corrected chi connectivity index (χ1v) is 9.16. The number of nitrogens with one attached hydrogen (secondary N) is 1. The SMILES string of the molecule is CC(C)c1ccc(CN2C(=O)N[C@@](C)(c3ccc(Cl)cc3Cl)C2=O)cc1. The Hall–Kier alpha value is -2.04. The van der Waals surface area contributed by atoms with Crippen LogP contribution in [0.25, 0.3) is 0 Å². The molecule has 4 nitrogen and oxygen atoms in total. The van der Waals surface area contributed by atoms with Crippen LogP contribution in [0.2, 0.25) is 10.0 Å². The molecule has 2 aromatic rings. The van der Waals surface area contributed by atoms with Crippen LogP contribution in [0.3, 0.4) is 0 Å². The normalized spacial score (nSPS) is 20.0. The second kappa shape index (κ2) is 6.93. The summed E-state index contributed by atoms with van der Waals surface area (Å²) in [5.74, 6) is 0.0933. The van der Waals surface area contributed by atoms with Gasteiger partial charge < -0.3 is 5.32 Å². The van der Waals surface area contributed by atoms with Crippen molar-refractivity contribution in [3.63, 3.8) is 0 Å². The molecule has 0 unspecified atom stereocenters. The van der Waals surface area contributed by atoms with E-state index in [0.717, 1.165) is 5.56 Å². The number of amides is 3. The zero-order chi connectivity index (χ0) is 19.1. The first kappa shape index (κ1) is 18.7. The van der Waals surface area contributed by atoms with Gasteiger partial charge in [-0.25, -0.2) is 4.79 Å². The third kappa shape index (κ3) is 3.31. The van der Waals surface area contributed by atoms with Gasteiger partial charge in [0.25, 0.3) is 5.91 Å². The van der Waals surface area contributed by atoms with Gasteiger partial charge in [-0.15, -0.1) is 0 Å². The lowest BCUT2D eigenvalue weighted by molar-refractivity contribution is -0.131. The van der Waals surface area contributed by atoms with Gasteiger partial charge >= 0.3 is 6.03 Å². The average Bonchev–Trinajstić information content (AvgIpc) is 2.79. The lowest BCUT2D eigenvalue weighted by Gasteiger charge is -2.23. The van der Waals surface area contributed by atoms with Crippen LogP contribution < -0.4 is 5.32 Å². The maximum atomic E-state index is 13.0. The molecule has 1 heterocycles. The van der Waals surface area contributed by atoms with Crippen LogP contribution in [-0.2, 0) is 16.9 Å². The summed E-state index contributed by atoms with van der Waals surface area (Å²) in [4.78, 5) is 26.7. The Morgan fingerprint density at radius 3 is 2.31 bits per heavy atom. The number of rotatable bonds is 4. The van der Waals surface area contributed by atoms with E-state index < -0.39 is 11.6 Å².